The third kappa shape index (κ3) is 4.43. The van der Waals surface area contributed by atoms with Gasteiger partial charge in [0.2, 0.25) is 0 Å². The summed E-state index contributed by atoms with van der Waals surface area (Å²) in [7, 11) is 2.20. The summed E-state index contributed by atoms with van der Waals surface area (Å²) < 4.78 is 5.46. The first kappa shape index (κ1) is 16.8. The van der Waals surface area contributed by atoms with E-state index in [9.17, 15) is 4.79 Å². The van der Waals surface area contributed by atoms with Crippen LogP contribution in [-0.2, 0) is 9.53 Å². The van der Waals surface area contributed by atoms with Gasteiger partial charge in [-0.3, -0.25) is 4.79 Å². The molecule has 0 atom stereocenters. The highest BCUT2D eigenvalue weighted by Crippen LogP contribution is 2.34. The van der Waals surface area contributed by atoms with Crippen LogP contribution in [0.25, 0.3) is 0 Å². The van der Waals surface area contributed by atoms with Crippen molar-refractivity contribution in [2.24, 2.45) is 5.41 Å². The van der Waals surface area contributed by atoms with Crippen LogP contribution in [0.15, 0.2) is 0 Å². The number of carbonyl (C=O) groups is 1. The maximum atomic E-state index is 12.3. The Labute approximate surface area is 129 Å². The Morgan fingerprint density at radius 1 is 1.19 bits per heavy atom. The molecule has 2 saturated heterocycles. The maximum Gasteiger partial charge on any atom is 0.311 e. The standard InChI is InChI=1S/C17H32N2O2/c1-4-5-14-21-16(20)17(2)8-12-19(13-9-17)15-6-10-18(3)11-7-15/h15H,4-14H2,1-3H3. The van der Waals surface area contributed by atoms with E-state index in [-0.39, 0.29) is 11.4 Å². The minimum Gasteiger partial charge on any atom is -0.465 e. The van der Waals surface area contributed by atoms with E-state index in [2.05, 4.69) is 30.7 Å². The molecule has 21 heavy (non-hydrogen) atoms. The average molecular weight is 296 g/mol. The molecule has 2 aliphatic heterocycles. The zero-order valence-electron chi connectivity index (χ0n) is 14.1. The van der Waals surface area contributed by atoms with Gasteiger partial charge in [0.1, 0.15) is 0 Å². The molecule has 2 heterocycles. The maximum absolute atomic E-state index is 12.3. The van der Waals surface area contributed by atoms with Crippen molar-refractivity contribution in [2.45, 2.75) is 58.4 Å². The smallest absolute Gasteiger partial charge is 0.311 e. The summed E-state index contributed by atoms with van der Waals surface area (Å²) >= 11 is 0. The van der Waals surface area contributed by atoms with Crippen LogP contribution in [0.5, 0.6) is 0 Å². The van der Waals surface area contributed by atoms with Gasteiger partial charge >= 0.3 is 5.97 Å². The molecule has 0 spiro atoms. The Balaban J connectivity index is 1.77. The van der Waals surface area contributed by atoms with Crippen LogP contribution < -0.4 is 0 Å². The normalized spacial score (nSPS) is 24.9. The third-order valence-electron chi connectivity index (χ3n) is 5.33. The Hall–Kier alpha value is -0.610. The largest absolute Gasteiger partial charge is 0.465 e. The van der Waals surface area contributed by atoms with Crippen LogP contribution in [0.2, 0.25) is 0 Å². The van der Waals surface area contributed by atoms with Crippen molar-refractivity contribution in [3.63, 3.8) is 0 Å². The van der Waals surface area contributed by atoms with Crippen LogP contribution in [0.4, 0.5) is 0 Å². The number of ether oxygens (including phenoxy) is 1. The fourth-order valence-corrected chi connectivity index (χ4v) is 3.43. The van der Waals surface area contributed by atoms with E-state index >= 15 is 0 Å². The highest BCUT2D eigenvalue weighted by Gasteiger charge is 2.39. The van der Waals surface area contributed by atoms with Gasteiger partial charge in [0.15, 0.2) is 0 Å². The van der Waals surface area contributed by atoms with E-state index in [1.807, 2.05) is 0 Å². The minimum atomic E-state index is -0.254. The first-order valence-corrected chi connectivity index (χ1v) is 8.65. The third-order valence-corrected chi connectivity index (χ3v) is 5.33. The van der Waals surface area contributed by atoms with Gasteiger partial charge in [-0.25, -0.2) is 0 Å². The molecular weight excluding hydrogens is 264 g/mol. The molecule has 2 fully saturated rings. The lowest BCUT2D eigenvalue weighted by molar-refractivity contribution is -0.158. The van der Waals surface area contributed by atoms with Gasteiger partial charge in [-0.1, -0.05) is 13.3 Å². The van der Waals surface area contributed by atoms with Gasteiger partial charge in [-0.2, -0.15) is 0 Å². The summed E-state index contributed by atoms with van der Waals surface area (Å²) in [6, 6.07) is 0.724. The van der Waals surface area contributed by atoms with Crippen molar-refractivity contribution in [3.05, 3.63) is 0 Å². The molecule has 0 aromatic carbocycles. The first-order valence-electron chi connectivity index (χ1n) is 8.65. The van der Waals surface area contributed by atoms with Gasteiger partial charge in [-0.15, -0.1) is 0 Å². The van der Waals surface area contributed by atoms with Crippen molar-refractivity contribution in [1.82, 2.24) is 9.80 Å². The molecule has 0 radical (unpaired) electrons. The molecule has 4 heteroatoms. The monoisotopic (exact) mass is 296 g/mol. The fourth-order valence-electron chi connectivity index (χ4n) is 3.43. The molecule has 0 amide bonds. The number of piperidine rings is 2. The van der Waals surface area contributed by atoms with Gasteiger partial charge in [-0.05, 0) is 72.3 Å². The van der Waals surface area contributed by atoms with Crippen LogP contribution in [0, 0.1) is 5.41 Å². The number of hydrogen-bond acceptors (Lipinski definition) is 4. The second kappa shape index (κ2) is 7.59. The molecule has 0 saturated carbocycles. The molecule has 0 unspecified atom stereocenters. The number of rotatable bonds is 5. The number of likely N-dealkylation sites (tertiary alicyclic amines) is 2. The molecule has 0 aliphatic carbocycles. The summed E-state index contributed by atoms with van der Waals surface area (Å²) in [6.45, 7) is 9.31. The Kier molecular flexibility index (Phi) is 6.06. The highest BCUT2D eigenvalue weighted by atomic mass is 16.5. The zero-order chi connectivity index (χ0) is 15.3. The number of carbonyl (C=O) groups excluding carboxylic acids is 1. The summed E-state index contributed by atoms with van der Waals surface area (Å²) in [6.07, 6.45) is 6.49. The quantitative estimate of drug-likeness (QED) is 0.576. The highest BCUT2D eigenvalue weighted by molar-refractivity contribution is 5.76. The van der Waals surface area contributed by atoms with E-state index in [0.29, 0.717) is 6.61 Å². The molecule has 0 N–H and O–H groups in total. The van der Waals surface area contributed by atoms with Crippen molar-refractivity contribution in [1.29, 1.82) is 0 Å². The number of unbranched alkanes of at least 4 members (excludes halogenated alkanes) is 1. The van der Waals surface area contributed by atoms with Gasteiger partial charge in [0.05, 0.1) is 12.0 Å². The summed E-state index contributed by atoms with van der Waals surface area (Å²) in [4.78, 5) is 17.3. The predicted octanol–water partition coefficient (Wildman–Crippen LogP) is 2.53. The Morgan fingerprint density at radius 3 is 2.38 bits per heavy atom. The fraction of sp³-hybridized carbons (Fsp3) is 0.941. The zero-order valence-corrected chi connectivity index (χ0v) is 14.1. The topological polar surface area (TPSA) is 32.8 Å². The Bertz CT molecular complexity index is 330. The van der Waals surface area contributed by atoms with Crippen LogP contribution in [-0.4, -0.2) is 61.6 Å². The van der Waals surface area contributed by atoms with E-state index in [1.54, 1.807) is 0 Å². The number of nitrogens with zero attached hydrogens (tertiary/aromatic N) is 2. The lowest BCUT2D eigenvalue weighted by Gasteiger charge is -2.43. The molecule has 122 valence electrons. The van der Waals surface area contributed by atoms with Gasteiger partial charge in [0, 0.05) is 6.04 Å². The van der Waals surface area contributed by atoms with E-state index in [0.717, 1.165) is 44.8 Å². The SMILES string of the molecule is CCCCOC(=O)C1(C)CCN(C2CCN(C)CC2)CC1. The van der Waals surface area contributed by atoms with E-state index in [1.165, 1.54) is 25.9 Å². The van der Waals surface area contributed by atoms with Crippen LogP contribution in [0.3, 0.4) is 0 Å². The summed E-state index contributed by atoms with van der Waals surface area (Å²) in [5.74, 6) is 0.0268. The molecule has 2 rings (SSSR count). The van der Waals surface area contributed by atoms with Crippen molar-refractivity contribution in [3.8, 4) is 0 Å². The second-order valence-electron chi connectivity index (χ2n) is 7.12. The summed E-state index contributed by atoms with van der Waals surface area (Å²) in [5.41, 5.74) is -0.254. The van der Waals surface area contributed by atoms with E-state index in [4.69, 9.17) is 4.74 Å². The number of hydrogen-bond donors (Lipinski definition) is 0. The minimum absolute atomic E-state index is 0.0268. The Morgan fingerprint density at radius 2 is 1.81 bits per heavy atom. The average Bonchev–Trinajstić information content (AvgIpc) is 2.49. The number of esters is 1. The lowest BCUT2D eigenvalue weighted by Crippen LogP contribution is -2.50. The second-order valence-corrected chi connectivity index (χ2v) is 7.12. The van der Waals surface area contributed by atoms with E-state index < -0.39 is 0 Å². The predicted molar refractivity (Wildman–Crippen MR) is 85.3 cm³/mol. The summed E-state index contributed by atoms with van der Waals surface area (Å²) in [5, 5.41) is 0. The molecular formula is C17H32N2O2. The molecule has 0 aromatic rings. The molecule has 0 bridgehead atoms. The first-order chi connectivity index (χ1) is 10.0. The lowest BCUT2D eigenvalue weighted by atomic mass is 9.79. The van der Waals surface area contributed by atoms with Crippen molar-refractivity contribution in [2.75, 3.05) is 39.8 Å². The molecule has 2 aliphatic rings. The molecule has 0 aromatic heterocycles. The van der Waals surface area contributed by atoms with Gasteiger partial charge in [0.25, 0.3) is 0 Å². The van der Waals surface area contributed by atoms with Crippen LogP contribution >= 0.6 is 0 Å². The van der Waals surface area contributed by atoms with Gasteiger partial charge < -0.3 is 14.5 Å². The van der Waals surface area contributed by atoms with Crippen LogP contribution in [0.1, 0.15) is 52.4 Å². The molecule has 4 nitrogen and oxygen atoms in total. The van der Waals surface area contributed by atoms with Crippen molar-refractivity contribution < 1.29 is 9.53 Å². The van der Waals surface area contributed by atoms with Crippen molar-refractivity contribution >= 4 is 5.97 Å².